The Kier molecular flexibility index (Phi) is 9.26. The van der Waals surface area contributed by atoms with Gasteiger partial charge in [0.15, 0.2) is 0 Å². The molecule has 9 nitrogen and oxygen atoms in total. The number of sulfonamides is 1. The van der Waals surface area contributed by atoms with Crippen molar-refractivity contribution in [3.05, 3.63) is 101 Å². The quantitative estimate of drug-likeness (QED) is 0.227. The number of rotatable bonds is 10. The second-order valence-corrected chi connectivity index (χ2v) is 15.3. The maximum atomic E-state index is 13.7. The highest BCUT2D eigenvalue weighted by Crippen LogP contribution is 2.35. The molecule has 4 rings (SSSR count). The van der Waals surface area contributed by atoms with E-state index in [9.17, 15) is 25.3 Å². The highest BCUT2D eigenvalue weighted by molar-refractivity contribution is 7.94. The summed E-state index contributed by atoms with van der Waals surface area (Å²) in [6.45, 7) is 1.58. The number of hydrogen-bond donors (Lipinski definition) is 1. The molecule has 0 aliphatic heterocycles. The van der Waals surface area contributed by atoms with Gasteiger partial charge in [-0.15, -0.1) is 0 Å². The van der Waals surface area contributed by atoms with E-state index in [4.69, 9.17) is 32.7 Å². The van der Waals surface area contributed by atoms with Crippen LogP contribution in [0.5, 0.6) is 11.5 Å². The normalized spacial score (nSPS) is 13.0. The van der Waals surface area contributed by atoms with E-state index in [0.29, 0.717) is 11.3 Å². The van der Waals surface area contributed by atoms with E-state index in [1.54, 1.807) is 6.92 Å². The summed E-state index contributed by atoms with van der Waals surface area (Å²) in [4.78, 5) is -1.32. The number of benzene rings is 4. The highest BCUT2D eigenvalue weighted by atomic mass is 35.5. The lowest BCUT2D eigenvalue weighted by Gasteiger charge is -2.16. The summed E-state index contributed by atoms with van der Waals surface area (Å²) in [6.07, 6.45) is 0. The molecule has 0 amide bonds. The fraction of sp³-hybridized carbons (Fsp3) is 0.143. The third kappa shape index (κ3) is 6.43. The fourth-order valence-corrected chi connectivity index (χ4v) is 8.96. The predicted octanol–water partition coefficient (Wildman–Crippen LogP) is 5.72. The third-order valence-electron chi connectivity index (χ3n) is 6.32. The lowest BCUT2D eigenvalue weighted by molar-refractivity contribution is 0.412. The molecule has 0 aliphatic rings. The van der Waals surface area contributed by atoms with Crippen LogP contribution in [-0.4, -0.2) is 39.5 Å². The van der Waals surface area contributed by atoms with E-state index in [1.165, 1.54) is 93.1 Å². The first-order valence-electron chi connectivity index (χ1n) is 12.1. The summed E-state index contributed by atoms with van der Waals surface area (Å²) < 4.78 is 93.1. The molecule has 0 fully saturated rings. The van der Waals surface area contributed by atoms with E-state index >= 15 is 0 Å². The lowest BCUT2D eigenvalue weighted by atomic mass is 10.1. The SMILES string of the molecule is COc1ccc(S(=O)(=O)c2cc(OC)ccc2S(=O)(=O)c2ccc([C@H](C)NS(=O)(=O)c3ccc(Cl)c(Cl)c3)cc2)cc1. The monoisotopic (exact) mass is 669 g/mol. The molecule has 4 aromatic carbocycles. The molecule has 0 heterocycles. The van der Waals surface area contributed by atoms with Gasteiger partial charge in [-0.25, -0.2) is 30.0 Å². The van der Waals surface area contributed by atoms with Gasteiger partial charge in [-0.3, -0.25) is 0 Å². The van der Waals surface area contributed by atoms with E-state index in [-0.39, 0.29) is 30.5 Å². The third-order valence-corrected chi connectivity index (χ3v) is 12.4. The van der Waals surface area contributed by atoms with Crippen LogP contribution in [0, 0.1) is 0 Å². The van der Waals surface area contributed by atoms with Crippen molar-refractivity contribution in [2.45, 2.75) is 37.4 Å². The zero-order chi connectivity index (χ0) is 30.9. The molecule has 4 aromatic rings. The molecule has 14 heteroatoms. The first-order chi connectivity index (χ1) is 19.7. The number of hydrogen-bond acceptors (Lipinski definition) is 8. The summed E-state index contributed by atoms with van der Waals surface area (Å²) in [7, 11) is -9.87. The Morgan fingerprint density at radius 1 is 0.595 bits per heavy atom. The highest BCUT2D eigenvalue weighted by Gasteiger charge is 2.30. The molecular weight excluding hydrogens is 645 g/mol. The maximum absolute atomic E-state index is 13.7. The molecule has 0 unspecified atom stereocenters. The van der Waals surface area contributed by atoms with Crippen molar-refractivity contribution in [1.82, 2.24) is 4.72 Å². The molecule has 0 aromatic heterocycles. The van der Waals surface area contributed by atoms with Crippen LogP contribution in [0.15, 0.2) is 109 Å². The molecule has 0 radical (unpaired) electrons. The molecule has 0 saturated carbocycles. The molecular formula is C28H25Cl2NO8S3. The number of methoxy groups -OCH3 is 2. The zero-order valence-corrected chi connectivity index (χ0v) is 26.4. The average molecular weight is 671 g/mol. The Balaban J connectivity index is 1.68. The number of sulfone groups is 2. The van der Waals surface area contributed by atoms with Gasteiger partial charge < -0.3 is 9.47 Å². The van der Waals surface area contributed by atoms with Crippen molar-refractivity contribution in [2.24, 2.45) is 0 Å². The van der Waals surface area contributed by atoms with Gasteiger partial charge >= 0.3 is 0 Å². The summed E-state index contributed by atoms with van der Waals surface area (Å²) in [5, 5.41) is 0.283. The van der Waals surface area contributed by atoms with Gasteiger partial charge in [-0.2, -0.15) is 0 Å². The van der Waals surface area contributed by atoms with Crippen LogP contribution < -0.4 is 14.2 Å². The molecule has 1 N–H and O–H groups in total. The van der Waals surface area contributed by atoms with Crippen LogP contribution in [0.25, 0.3) is 0 Å². The minimum atomic E-state index is -4.35. The zero-order valence-electron chi connectivity index (χ0n) is 22.4. The van der Waals surface area contributed by atoms with Crippen molar-refractivity contribution in [3.8, 4) is 11.5 Å². The molecule has 1 atom stereocenters. The Hall–Kier alpha value is -3.13. The summed E-state index contributed by atoms with van der Waals surface area (Å²) in [5.74, 6) is 0.584. The number of halogens is 2. The first-order valence-corrected chi connectivity index (χ1v) is 17.3. The Labute approximate surface area is 254 Å². The van der Waals surface area contributed by atoms with Crippen LogP contribution >= 0.6 is 23.2 Å². The van der Waals surface area contributed by atoms with Crippen LogP contribution in [0.3, 0.4) is 0 Å². The Morgan fingerprint density at radius 2 is 1.10 bits per heavy atom. The maximum Gasteiger partial charge on any atom is 0.241 e. The molecule has 0 bridgehead atoms. The first kappa shape index (κ1) is 31.8. The number of nitrogens with one attached hydrogen (secondary N) is 1. The van der Waals surface area contributed by atoms with Crippen molar-refractivity contribution in [3.63, 3.8) is 0 Å². The second-order valence-electron chi connectivity index (χ2n) is 8.98. The Morgan fingerprint density at radius 3 is 1.64 bits per heavy atom. The molecule has 0 saturated heterocycles. The lowest BCUT2D eigenvalue weighted by Crippen LogP contribution is -2.27. The van der Waals surface area contributed by atoms with E-state index in [2.05, 4.69) is 4.72 Å². The van der Waals surface area contributed by atoms with Gasteiger partial charge in [-0.1, -0.05) is 35.3 Å². The van der Waals surface area contributed by atoms with Gasteiger partial charge in [-0.05, 0) is 79.2 Å². The molecule has 0 aliphatic carbocycles. The van der Waals surface area contributed by atoms with E-state index < -0.39 is 45.5 Å². The summed E-state index contributed by atoms with van der Waals surface area (Å²) in [6, 6.07) is 17.8. The topological polar surface area (TPSA) is 133 Å². The van der Waals surface area contributed by atoms with Crippen molar-refractivity contribution in [1.29, 1.82) is 0 Å². The fourth-order valence-electron chi connectivity index (χ4n) is 4.00. The average Bonchev–Trinajstić information content (AvgIpc) is 2.98. The van der Waals surface area contributed by atoms with Crippen molar-refractivity contribution < 1.29 is 34.7 Å². The van der Waals surface area contributed by atoms with Crippen LogP contribution in [0.2, 0.25) is 10.0 Å². The summed E-state index contributed by atoms with van der Waals surface area (Å²) >= 11 is 11.8. The van der Waals surface area contributed by atoms with Crippen LogP contribution in [-0.2, 0) is 29.7 Å². The summed E-state index contributed by atoms with van der Waals surface area (Å²) in [5.41, 5.74) is 0.457. The minimum absolute atomic E-state index is 0.0775. The van der Waals surface area contributed by atoms with Gasteiger partial charge in [0.25, 0.3) is 0 Å². The molecule has 222 valence electrons. The minimum Gasteiger partial charge on any atom is -0.497 e. The smallest absolute Gasteiger partial charge is 0.241 e. The molecule has 0 spiro atoms. The van der Waals surface area contributed by atoms with Crippen LogP contribution in [0.4, 0.5) is 0 Å². The van der Waals surface area contributed by atoms with E-state index in [1.807, 2.05) is 0 Å². The van der Waals surface area contributed by atoms with E-state index in [0.717, 1.165) is 6.07 Å². The van der Waals surface area contributed by atoms with Gasteiger partial charge in [0, 0.05) is 12.1 Å². The van der Waals surface area contributed by atoms with Gasteiger partial charge in [0.05, 0.1) is 48.7 Å². The largest absolute Gasteiger partial charge is 0.497 e. The standard InChI is InChI=1S/C28H25Cl2NO8S3/c1-18(31-42(36,37)24-13-14-25(29)26(30)17-24)19-4-9-22(10-5-19)40(32,33)27-15-8-21(39-3)16-28(27)41(34,35)23-11-6-20(38-2)7-12-23/h4-18,31H,1-3H3/t18-/m0/s1. The second kappa shape index (κ2) is 12.2. The predicted molar refractivity (Wildman–Crippen MR) is 159 cm³/mol. The van der Waals surface area contributed by atoms with Crippen LogP contribution in [0.1, 0.15) is 18.5 Å². The van der Waals surface area contributed by atoms with Gasteiger partial charge in [0.1, 0.15) is 11.5 Å². The van der Waals surface area contributed by atoms with Crippen molar-refractivity contribution in [2.75, 3.05) is 14.2 Å². The number of ether oxygens (including phenoxy) is 2. The van der Waals surface area contributed by atoms with Gasteiger partial charge in [0.2, 0.25) is 29.7 Å². The van der Waals surface area contributed by atoms with Crippen molar-refractivity contribution >= 4 is 52.9 Å². The Bertz CT molecular complexity index is 1950. The molecule has 42 heavy (non-hydrogen) atoms.